The number of benzene rings is 1. The average Bonchev–Trinajstić information content (AvgIpc) is 2.40. The van der Waals surface area contributed by atoms with Crippen LogP contribution in [0.4, 0.5) is 0 Å². The molecular weight excluding hydrogens is 240 g/mol. The van der Waals surface area contributed by atoms with Gasteiger partial charge in [-0.15, -0.1) is 11.8 Å². The van der Waals surface area contributed by atoms with Crippen LogP contribution in [0.1, 0.15) is 19.8 Å². The van der Waals surface area contributed by atoms with Crippen LogP contribution >= 0.6 is 11.8 Å². The van der Waals surface area contributed by atoms with Crippen LogP contribution in [0, 0.1) is 0 Å². The zero-order valence-corrected chi connectivity index (χ0v) is 12.7. The van der Waals surface area contributed by atoms with Gasteiger partial charge in [-0.25, -0.2) is 0 Å². The molecule has 0 bridgehead atoms. The first-order valence-electron chi connectivity index (χ1n) is 6.80. The minimum absolute atomic E-state index is 0.592. The van der Waals surface area contributed by atoms with E-state index >= 15 is 0 Å². The molecular formula is C15H26N2S. The summed E-state index contributed by atoms with van der Waals surface area (Å²) in [5, 5.41) is 3.42. The Kier molecular flexibility index (Phi) is 8.14. The predicted octanol–water partition coefficient (Wildman–Crippen LogP) is 3.10. The summed E-state index contributed by atoms with van der Waals surface area (Å²) in [7, 11) is 4.27. The van der Waals surface area contributed by atoms with E-state index in [4.69, 9.17) is 0 Å². The lowest BCUT2D eigenvalue weighted by Crippen LogP contribution is -2.32. The van der Waals surface area contributed by atoms with Crippen molar-refractivity contribution in [1.29, 1.82) is 0 Å². The minimum Gasteiger partial charge on any atom is -0.316 e. The van der Waals surface area contributed by atoms with Crippen molar-refractivity contribution < 1.29 is 0 Å². The molecule has 0 aliphatic carbocycles. The van der Waals surface area contributed by atoms with Gasteiger partial charge in [0.1, 0.15) is 0 Å². The molecule has 0 aromatic heterocycles. The van der Waals surface area contributed by atoms with Crippen LogP contribution in [0.25, 0.3) is 0 Å². The molecule has 3 heteroatoms. The molecule has 0 spiro atoms. The molecule has 2 nitrogen and oxygen atoms in total. The van der Waals surface area contributed by atoms with Crippen LogP contribution in [0.15, 0.2) is 35.2 Å². The molecule has 1 aromatic carbocycles. The molecule has 0 aliphatic heterocycles. The third-order valence-electron chi connectivity index (χ3n) is 3.07. The third kappa shape index (κ3) is 6.43. The highest BCUT2D eigenvalue weighted by Crippen LogP contribution is 2.18. The van der Waals surface area contributed by atoms with Crippen LogP contribution in [-0.2, 0) is 0 Å². The largest absolute Gasteiger partial charge is 0.316 e. The number of rotatable bonds is 9. The lowest BCUT2D eigenvalue weighted by atomic mass is 10.2. The molecule has 102 valence electrons. The first kappa shape index (κ1) is 15.5. The highest BCUT2D eigenvalue weighted by atomic mass is 32.2. The fourth-order valence-electron chi connectivity index (χ4n) is 1.89. The second kappa shape index (κ2) is 9.42. The van der Waals surface area contributed by atoms with E-state index in [0.717, 1.165) is 5.75 Å². The SMILES string of the molecule is CCCN(C)CCC(CSc1ccccc1)NC. The van der Waals surface area contributed by atoms with Crippen LogP contribution in [-0.4, -0.2) is 43.9 Å². The summed E-state index contributed by atoms with van der Waals surface area (Å²) < 4.78 is 0. The Bertz CT molecular complexity index is 303. The van der Waals surface area contributed by atoms with Crippen molar-refractivity contribution in [1.82, 2.24) is 10.2 Å². The van der Waals surface area contributed by atoms with Gasteiger partial charge < -0.3 is 10.2 Å². The van der Waals surface area contributed by atoms with Crippen molar-refractivity contribution in [2.45, 2.75) is 30.7 Å². The minimum atomic E-state index is 0.592. The fraction of sp³-hybridized carbons (Fsp3) is 0.600. The topological polar surface area (TPSA) is 15.3 Å². The molecule has 0 heterocycles. The van der Waals surface area contributed by atoms with Crippen molar-refractivity contribution >= 4 is 11.8 Å². The number of hydrogen-bond acceptors (Lipinski definition) is 3. The lowest BCUT2D eigenvalue weighted by molar-refractivity contribution is 0.315. The molecule has 1 N–H and O–H groups in total. The van der Waals surface area contributed by atoms with Gasteiger partial charge in [0, 0.05) is 16.7 Å². The van der Waals surface area contributed by atoms with E-state index in [1.54, 1.807) is 0 Å². The van der Waals surface area contributed by atoms with Gasteiger partial charge in [0.2, 0.25) is 0 Å². The Labute approximate surface area is 116 Å². The molecule has 1 atom stereocenters. The van der Waals surface area contributed by atoms with E-state index in [0.29, 0.717) is 6.04 Å². The Balaban J connectivity index is 2.25. The monoisotopic (exact) mass is 266 g/mol. The number of hydrogen-bond donors (Lipinski definition) is 1. The standard InChI is InChI=1S/C15H26N2S/c1-4-11-17(3)12-10-14(16-2)13-18-15-8-6-5-7-9-15/h5-9,14,16H,4,10-13H2,1-3H3. The van der Waals surface area contributed by atoms with Crippen LogP contribution in [0.2, 0.25) is 0 Å². The highest BCUT2D eigenvalue weighted by Gasteiger charge is 2.08. The lowest BCUT2D eigenvalue weighted by Gasteiger charge is -2.20. The highest BCUT2D eigenvalue weighted by molar-refractivity contribution is 7.99. The van der Waals surface area contributed by atoms with Crippen molar-refractivity contribution in [3.8, 4) is 0 Å². The Hall–Kier alpha value is -0.510. The number of nitrogens with zero attached hydrogens (tertiary/aromatic N) is 1. The molecule has 1 aromatic rings. The van der Waals surface area contributed by atoms with E-state index in [1.807, 2.05) is 11.8 Å². The smallest absolute Gasteiger partial charge is 0.0170 e. The summed E-state index contributed by atoms with van der Waals surface area (Å²) in [5.74, 6) is 1.14. The Morgan fingerprint density at radius 1 is 1.22 bits per heavy atom. The fourth-order valence-corrected chi connectivity index (χ4v) is 2.97. The summed E-state index contributed by atoms with van der Waals surface area (Å²) in [4.78, 5) is 3.78. The molecule has 0 aliphatic rings. The molecule has 0 radical (unpaired) electrons. The zero-order chi connectivity index (χ0) is 13.2. The number of thioether (sulfide) groups is 1. The van der Waals surface area contributed by atoms with E-state index in [1.165, 1.54) is 30.8 Å². The van der Waals surface area contributed by atoms with Crippen molar-refractivity contribution in [2.24, 2.45) is 0 Å². The summed E-state index contributed by atoms with van der Waals surface area (Å²) in [6.07, 6.45) is 2.45. The van der Waals surface area contributed by atoms with Gasteiger partial charge in [-0.1, -0.05) is 25.1 Å². The van der Waals surface area contributed by atoms with E-state index in [9.17, 15) is 0 Å². The van der Waals surface area contributed by atoms with E-state index < -0.39 is 0 Å². The first-order chi connectivity index (χ1) is 8.76. The van der Waals surface area contributed by atoms with Crippen molar-refractivity contribution in [3.05, 3.63) is 30.3 Å². The second-order valence-electron chi connectivity index (χ2n) is 4.70. The first-order valence-corrected chi connectivity index (χ1v) is 7.78. The van der Waals surface area contributed by atoms with Crippen molar-refractivity contribution in [2.75, 3.05) is 32.9 Å². The maximum atomic E-state index is 3.42. The molecule has 0 amide bonds. The molecule has 0 saturated carbocycles. The van der Waals surface area contributed by atoms with Crippen LogP contribution < -0.4 is 5.32 Å². The van der Waals surface area contributed by atoms with Crippen LogP contribution in [0.5, 0.6) is 0 Å². The van der Waals surface area contributed by atoms with Crippen LogP contribution in [0.3, 0.4) is 0 Å². The van der Waals surface area contributed by atoms with Gasteiger partial charge in [0.25, 0.3) is 0 Å². The summed E-state index contributed by atoms with van der Waals surface area (Å²) in [5.41, 5.74) is 0. The summed E-state index contributed by atoms with van der Waals surface area (Å²) in [6.45, 7) is 4.61. The maximum absolute atomic E-state index is 3.42. The molecule has 0 fully saturated rings. The normalized spacial score (nSPS) is 12.9. The van der Waals surface area contributed by atoms with Gasteiger partial charge in [0.15, 0.2) is 0 Å². The predicted molar refractivity (Wildman–Crippen MR) is 82.4 cm³/mol. The molecule has 18 heavy (non-hydrogen) atoms. The van der Waals surface area contributed by atoms with Gasteiger partial charge in [-0.05, 0) is 52.2 Å². The van der Waals surface area contributed by atoms with Crippen molar-refractivity contribution in [3.63, 3.8) is 0 Å². The van der Waals surface area contributed by atoms with Gasteiger partial charge in [-0.3, -0.25) is 0 Å². The van der Waals surface area contributed by atoms with E-state index in [2.05, 4.69) is 61.6 Å². The molecule has 0 saturated heterocycles. The summed E-state index contributed by atoms with van der Waals surface area (Å²) in [6, 6.07) is 11.2. The molecule has 1 rings (SSSR count). The molecule has 1 unspecified atom stereocenters. The van der Waals surface area contributed by atoms with E-state index in [-0.39, 0.29) is 0 Å². The zero-order valence-electron chi connectivity index (χ0n) is 11.9. The quantitative estimate of drug-likeness (QED) is 0.692. The average molecular weight is 266 g/mol. The maximum Gasteiger partial charge on any atom is 0.0170 e. The van der Waals surface area contributed by atoms with Gasteiger partial charge in [0.05, 0.1) is 0 Å². The van der Waals surface area contributed by atoms with Gasteiger partial charge >= 0.3 is 0 Å². The summed E-state index contributed by atoms with van der Waals surface area (Å²) >= 11 is 1.94. The third-order valence-corrected chi connectivity index (χ3v) is 4.24. The van der Waals surface area contributed by atoms with Gasteiger partial charge in [-0.2, -0.15) is 0 Å². The Morgan fingerprint density at radius 3 is 2.56 bits per heavy atom. The second-order valence-corrected chi connectivity index (χ2v) is 5.80. The Morgan fingerprint density at radius 2 is 1.94 bits per heavy atom. The number of nitrogens with one attached hydrogen (secondary N) is 1.